The van der Waals surface area contributed by atoms with E-state index in [-0.39, 0.29) is 30.3 Å². The molecule has 2 N–H and O–H groups in total. The summed E-state index contributed by atoms with van der Waals surface area (Å²) in [6.45, 7) is 3.80. The molecule has 0 saturated heterocycles. The number of benzene rings is 2. The van der Waals surface area contributed by atoms with Crippen molar-refractivity contribution in [2.45, 2.75) is 70.1 Å². The van der Waals surface area contributed by atoms with Gasteiger partial charge in [0.25, 0.3) is 0 Å². The highest BCUT2D eigenvalue weighted by Crippen LogP contribution is 2.31. The van der Waals surface area contributed by atoms with E-state index in [0.29, 0.717) is 28.5 Å². The van der Waals surface area contributed by atoms with Gasteiger partial charge in [-0.1, -0.05) is 0 Å². The lowest BCUT2D eigenvalue weighted by molar-refractivity contribution is 0.209. The van der Waals surface area contributed by atoms with E-state index in [0.717, 1.165) is 25.7 Å². The average Bonchev–Trinajstić information content (AvgIpc) is 3.45. The molecule has 2 saturated carbocycles. The van der Waals surface area contributed by atoms with Gasteiger partial charge in [-0.2, -0.15) is 0 Å². The third-order valence-electron chi connectivity index (χ3n) is 6.03. The van der Waals surface area contributed by atoms with Crippen molar-refractivity contribution in [2.24, 2.45) is 9.98 Å². The van der Waals surface area contributed by atoms with E-state index < -0.39 is 0 Å². The standard InChI is InChI=1S/C25H30N2O4/c1-26-25(22-13-12-21(15-24(22)29)31-19-8-4-5-9-19)27-16-17-10-11-20(14-23(17)28)30-18-6-2-3-7-18/h10-15,18-19,28-29H,1-9,16H2. The second-order valence-electron chi connectivity index (χ2n) is 8.32. The minimum Gasteiger partial charge on any atom is -0.507 e. The van der Waals surface area contributed by atoms with Gasteiger partial charge < -0.3 is 19.7 Å². The molecule has 31 heavy (non-hydrogen) atoms. The van der Waals surface area contributed by atoms with Crippen molar-refractivity contribution in [3.63, 3.8) is 0 Å². The van der Waals surface area contributed by atoms with Gasteiger partial charge in [-0.25, -0.2) is 4.99 Å². The molecule has 6 nitrogen and oxygen atoms in total. The Morgan fingerprint density at radius 1 is 0.839 bits per heavy atom. The summed E-state index contributed by atoms with van der Waals surface area (Å²) >= 11 is 0. The first-order valence-electron chi connectivity index (χ1n) is 11.1. The van der Waals surface area contributed by atoms with Crippen molar-refractivity contribution < 1.29 is 19.7 Å². The molecule has 0 atom stereocenters. The predicted molar refractivity (Wildman–Crippen MR) is 122 cm³/mol. The number of nitrogens with zero attached hydrogens (tertiary/aromatic N) is 2. The quantitative estimate of drug-likeness (QED) is 0.463. The molecule has 2 aromatic rings. The maximum Gasteiger partial charge on any atom is 0.158 e. The molecular weight excluding hydrogens is 392 g/mol. The highest BCUT2D eigenvalue weighted by molar-refractivity contribution is 6.03. The van der Waals surface area contributed by atoms with Crippen LogP contribution in [0.4, 0.5) is 0 Å². The Hall–Kier alpha value is -3.02. The Morgan fingerprint density at radius 2 is 1.39 bits per heavy atom. The van der Waals surface area contributed by atoms with Gasteiger partial charge in [0.1, 0.15) is 23.0 Å². The first-order valence-corrected chi connectivity index (χ1v) is 11.1. The van der Waals surface area contributed by atoms with Crippen molar-refractivity contribution in [3.05, 3.63) is 47.5 Å². The van der Waals surface area contributed by atoms with Crippen molar-refractivity contribution in [2.75, 3.05) is 0 Å². The lowest BCUT2D eigenvalue weighted by Crippen LogP contribution is -2.11. The normalized spacial score (nSPS) is 17.7. The van der Waals surface area contributed by atoms with Gasteiger partial charge in [0.05, 0.1) is 24.3 Å². The van der Waals surface area contributed by atoms with E-state index in [4.69, 9.17) is 9.47 Å². The second kappa shape index (κ2) is 9.86. The van der Waals surface area contributed by atoms with Crippen LogP contribution in [0, 0.1) is 0 Å². The monoisotopic (exact) mass is 422 g/mol. The number of ether oxygens (including phenoxy) is 2. The number of aromatic hydroxyl groups is 2. The van der Waals surface area contributed by atoms with E-state index >= 15 is 0 Å². The highest BCUT2D eigenvalue weighted by atomic mass is 16.5. The summed E-state index contributed by atoms with van der Waals surface area (Å²) in [5.41, 5.74) is 1.13. The van der Waals surface area contributed by atoms with E-state index in [1.54, 1.807) is 18.2 Å². The van der Waals surface area contributed by atoms with Crippen LogP contribution in [0.2, 0.25) is 0 Å². The van der Waals surface area contributed by atoms with Crippen molar-refractivity contribution in [3.8, 4) is 23.0 Å². The fourth-order valence-electron chi connectivity index (χ4n) is 4.30. The van der Waals surface area contributed by atoms with Crippen molar-refractivity contribution in [1.82, 2.24) is 0 Å². The zero-order valence-corrected chi connectivity index (χ0v) is 17.8. The number of aliphatic imine (C=N–C) groups is 2. The Kier molecular flexibility index (Phi) is 6.75. The molecule has 4 rings (SSSR count). The van der Waals surface area contributed by atoms with Gasteiger partial charge in [-0.3, -0.25) is 4.99 Å². The molecule has 0 aliphatic heterocycles. The third-order valence-corrected chi connectivity index (χ3v) is 6.03. The molecule has 2 aliphatic rings. The molecule has 2 aliphatic carbocycles. The number of amidine groups is 1. The number of phenols is 2. The van der Waals surface area contributed by atoms with Crippen LogP contribution in [0.25, 0.3) is 0 Å². The minimum atomic E-state index is 0.0474. The smallest absolute Gasteiger partial charge is 0.158 e. The van der Waals surface area contributed by atoms with Gasteiger partial charge >= 0.3 is 0 Å². The Labute approximate surface area is 183 Å². The zero-order valence-electron chi connectivity index (χ0n) is 17.8. The SMILES string of the molecule is C=NC(=NCc1ccc(OC2CCCC2)cc1O)c1ccc(OC2CCCC2)cc1O. The summed E-state index contributed by atoms with van der Waals surface area (Å²) < 4.78 is 11.9. The summed E-state index contributed by atoms with van der Waals surface area (Å²) in [6, 6.07) is 10.5. The van der Waals surface area contributed by atoms with Crippen LogP contribution in [0.15, 0.2) is 46.4 Å². The molecule has 2 fully saturated rings. The lowest BCUT2D eigenvalue weighted by Gasteiger charge is -2.14. The Bertz CT molecular complexity index is 945. The number of rotatable bonds is 7. The van der Waals surface area contributed by atoms with Crippen LogP contribution in [0.5, 0.6) is 23.0 Å². The summed E-state index contributed by atoms with van der Waals surface area (Å²) in [7, 11) is 0. The van der Waals surface area contributed by atoms with Crippen LogP contribution in [0.1, 0.15) is 62.5 Å². The van der Waals surface area contributed by atoms with Gasteiger partial charge in [0.15, 0.2) is 5.84 Å². The van der Waals surface area contributed by atoms with Crippen molar-refractivity contribution >= 4 is 12.6 Å². The molecule has 6 heteroatoms. The summed E-state index contributed by atoms with van der Waals surface area (Å²) in [6.07, 6.45) is 9.46. The molecule has 0 amide bonds. The highest BCUT2D eigenvalue weighted by Gasteiger charge is 2.18. The summed E-state index contributed by atoms with van der Waals surface area (Å²) in [5.74, 6) is 1.82. The summed E-state index contributed by atoms with van der Waals surface area (Å²) in [5, 5.41) is 20.9. The maximum atomic E-state index is 10.5. The van der Waals surface area contributed by atoms with Gasteiger partial charge in [0, 0.05) is 17.7 Å². The largest absolute Gasteiger partial charge is 0.507 e. The van der Waals surface area contributed by atoms with Gasteiger partial charge in [0.2, 0.25) is 0 Å². The molecule has 0 bridgehead atoms. The van der Waals surface area contributed by atoms with Crippen LogP contribution < -0.4 is 9.47 Å². The third kappa shape index (κ3) is 5.37. The minimum absolute atomic E-state index is 0.0474. The first kappa shape index (κ1) is 21.2. The molecule has 0 heterocycles. The average molecular weight is 423 g/mol. The topological polar surface area (TPSA) is 83.6 Å². The van der Waals surface area contributed by atoms with E-state index in [2.05, 4.69) is 16.7 Å². The van der Waals surface area contributed by atoms with Gasteiger partial charge in [-0.15, -0.1) is 0 Å². The van der Waals surface area contributed by atoms with Crippen LogP contribution >= 0.6 is 0 Å². The van der Waals surface area contributed by atoms with E-state index in [1.165, 1.54) is 25.7 Å². The molecule has 0 unspecified atom stereocenters. The fraction of sp³-hybridized carbons (Fsp3) is 0.440. The number of hydrogen-bond donors (Lipinski definition) is 2. The molecule has 0 aromatic heterocycles. The number of hydrogen-bond acceptors (Lipinski definition) is 5. The van der Waals surface area contributed by atoms with Crippen LogP contribution in [-0.2, 0) is 6.54 Å². The van der Waals surface area contributed by atoms with Crippen LogP contribution in [-0.4, -0.2) is 35.0 Å². The van der Waals surface area contributed by atoms with Gasteiger partial charge in [-0.05, 0) is 82.3 Å². The van der Waals surface area contributed by atoms with Crippen LogP contribution in [0.3, 0.4) is 0 Å². The fourth-order valence-corrected chi connectivity index (χ4v) is 4.30. The molecule has 0 radical (unpaired) electrons. The van der Waals surface area contributed by atoms with E-state index in [9.17, 15) is 10.2 Å². The Balaban J connectivity index is 1.43. The first-order chi connectivity index (χ1) is 15.1. The molecular formula is C25H30N2O4. The zero-order chi connectivity index (χ0) is 21.6. The Morgan fingerprint density at radius 3 is 1.90 bits per heavy atom. The molecule has 0 spiro atoms. The maximum absolute atomic E-state index is 10.5. The number of phenolic OH excluding ortho intramolecular Hbond substituents is 2. The summed E-state index contributed by atoms with van der Waals surface area (Å²) in [4.78, 5) is 8.43. The lowest BCUT2D eigenvalue weighted by atomic mass is 10.1. The molecule has 2 aromatic carbocycles. The predicted octanol–water partition coefficient (Wildman–Crippen LogP) is 5.39. The second-order valence-corrected chi connectivity index (χ2v) is 8.32. The molecule has 164 valence electrons. The van der Waals surface area contributed by atoms with Crippen molar-refractivity contribution in [1.29, 1.82) is 0 Å². The van der Waals surface area contributed by atoms with E-state index in [1.807, 2.05) is 18.2 Å².